The molecule has 4 nitrogen and oxygen atoms in total. The summed E-state index contributed by atoms with van der Waals surface area (Å²) in [5, 5.41) is 2.70. The third-order valence-corrected chi connectivity index (χ3v) is 4.47. The highest BCUT2D eigenvalue weighted by Gasteiger charge is 2.29. The van der Waals surface area contributed by atoms with Crippen molar-refractivity contribution in [2.24, 2.45) is 0 Å². The fourth-order valence-corrected chi connectivity index (χ4v) is 3.22. The van der Waals surface area contributed by atoms with Gasteiger partial charge in [-0.3, -0.25) is 9.59 Å². The molecular formula is C20H21FN2O2. The molecule has 1 atom stereocenters. The molecule has 0 radical (unpaired) electrons. The highest BCUT2D eigenvalue weighted by molar-refractivity contribution is 5.86. The predicted octanol–water partition coefficient (Wildman–Crippen LogP) is 2.85. The van der Waals surface area contributed by atoms with E-state index in [1.54, 1.807) is 17.0 Å². The van der Waals surface area contributed by atoms with Crippen LogP contribution in [0, 0.1) is 5.82 Å². The van der Waals surface area contributed by atoms with E-state index < -0.39 is 0 Å². The maximum Gasteiger partial charge on any atom is 0.242 e. The zero-order chi connectivity index (χ0) is 17.6. The Morgan fingerprint density at radius 3 is 2.52 bits per heavy atom. The van der Waals surface area contributed by atoms with Crippen molar-refractivity contribution in [3.8, 4) is 0 Å². The minimum atomic E-state index is -0.284. The lowest BCUT2D eigenvalue weighted by Gasteiger charge is -2.25. The first-order valence-corrected chi connectivity index (χ1v) is 8.49. The van der Waals surface area contributed by atoms with Crippen molar-refractivity contribution in [3.05, 3.63) is 71.5 Å². The van der Waals surface area contributed by atoms with Gasteiger partial charge in [-0.05, 0) is 36.1 Å². The van der Waals surface area contributed by atoms with Gasteiger partial charge in [0.2, 0.25) is 11.8 Å². The summed E-state index contributed by atoms with van der Waals surface area (Å²) in [6.07, 6.45) is 2.02. The Kier molecular flexibility index (Phi) is 5.43. The molecule has 2 aromatic carbocycles. The Balaban J connectivity index is 1.55. The van der Waals surface area contributed by atoms with Gasteiger partial charge < -0.3 is 10.2 Å². The number of nitrogens with one attached hydrogen (secondary N) is 1. The molecule has 25 heavy (non-hydrogen) atoms. The van der Waals surface area contributed by atoms with Crippen LogP contribution in [0.1, 0.15) is 30.0 Å². The minimum absolute atomic E-state index is 0.0106. The number of halogens is 1. The molecule has 130 valence electrons. The van der Waals surface area contributed by atoms with Crippen LogP contribution in [0.15, 0.2) is 54.6 Å². The van der Waals surface area contributed by atoms with Crippen LogP contribution in [0.5, 0.6) is 0 Å². The molecule has 0 saturated carbocycles. The first kappa shape index (κ1) is 17.1. The number of nitrogens with zero attached hydrogens (tertiary/aromatic N) is 1. The largest absolute Gasteiger partial charge is 0.347 e. The molecule has 5 heteroatoms. The van der Waals surface area contributed by atoms with Crippen molar-refractivity contribution >= 4 is 11.8 Å². The molecule has 1 aliphatic heterocycles. The summed E-state index contributed by atoms with van der Waals surface area (Å²) >= 11 is 0. The summed E-state index contributed by atoms with van der Waals surface area (Å²) in [7, 11) is 0. The van der Waals surface area contributed by atoms with Crippen LogP contribution in [0.2, 0.25) is 0 Å². The molecule has 1 unspecified atom stereocenters. The number of carbonyl (C=O) groups excluding carboxylic acids is 2. The van der Waals surface area contributed by atoms with E-state index in [2.05, 4.69) is 5.32 Å². The zero-order valence-corrected chi connectivity index (χ0v) is 14.0. The number of benzene rings is 2. The molecule has 1 heterocycles. The average Bonchev–Trinajstić information content (AvgIpc) is 3.11. The molecule has 1 fully saturated rings. The number of carbonyl (C=O) groups is 2. The van der Waals surface area contributed by atoms with Crippen LogP contribution >= 0.6 is 0 Å². The number of rotatable bonds is 5. The summed E-state index contributed by atoms with van der Waals surface area (Å²) in [6, 6.07) is 15.7. The van der Waals surface area contributed by atoms with Crippen molar-refractivity contribution < 1.29 is 14.0 Å². The lowest BCUT2D eigenvalue weighted by atomic mass is 10.0. The quantitative estimate of drug-likeness (QED) is 0.910. The molecule has 3 rings (SSSR count). The number of likely N-dealkylation sites (tertiary alicyclic amines) is 1. The Labute approximate surface area is 146 Å². The molecule has 1 saturated heterocycles. The van der Waals surface area contributed by atoms with Crippen LogP contribution in [-0.4, -0.2) is 29.8 Å². The predicted molar refractivity (Wildman–Crippen MR) is 93.2 cm³/mol. The van der Waals surface area contributed by atoms with Crippen LogP contribution in [0.25, 0.3) is 0 Å². The zero-order valence-electron chi connectivity index (χ0n) is 14.0. The maximum atomic E-state index is 13.1. The van der Waals surface area contributed by atoms with Crippen molar-refractivity contribution in [1.29, 1.82) is 0 Å². The Morgan fingerprint density at radius 1 is 1.08 bits per heavy atom. The van der Waals surface area contributed by atoms with Gasteiger partial charge in [-0.1, -0.05) is 42.5 Å². The van der Waals surface area contributed by atoms with E-state index >= 15 is 0 Å². The van der Waals surface area contributed by atoms with Gasteiger partial charge >= 0.3 is 0 Å². The smallest absolute Gasteiger partial charge is 0.242 e. The molecule has 0 aliphatic carbocycles. The van der Waals surface area contributed by atoms with Gasteiger partial charge in [0.25, 0.3) is 0 Å². The molecular weight excluding hydrogens is 319 g/mol. The lowest BCUT2D eigenvalue weighted by Crippen LogP contribution is -2.40. The summed E-state index contributed by atoms with van der Waals surface area (Å²) in [5.41, 5.74) is 1.85. The highest BCUT2D eigenvalue weighted by atomic mass is 19.1. The SMILES string of the molecule is O=C(Cc1ccccc1)NCC(=O)N1CCCC1c1ccc(F)cc1. The molecule has 0 aromatic heterocycles. The first-order chi connectivity index (χ1) is 12.1. The van der Waals surface area contributed by atoms with Crippen molar-refractivity contribution in [2.45, 2.75) is 25.3 Å². The molecule has 1 N–H and O–H groups in total. The summed E-state index contributed by atoms with van der Waals surface area (Å²) in [5.74, 6) is -0.557. The third-order valence-electron chi connectivity index (χ3n) is 4.47. The van der Waals surface area contributed by atoms with E-state index in [1.807, 2.05) is 30.3 Å². The second-order valence-electron chi connectivity index (χ2n) is 6.24. The summed E-state index contributed by atoms with van der Waals surface area (Å²) < 4.78 is 13.1. The number of amides is 2. The number of hydrogen-bond acceptors (Lipinski definition) is 2. The van der Waals surface area contributed by atoms with E-state index in [4.69, 9.17) is 0 Å². The van der Waals surface area contributed by atoms with Crippen LogP contribution in [0.4, 0.5) is 4.39 Å². The molecule has 2 amide bonds. The van der Waals surface area contributed by atoms with Gasteiger partial charge in [0.15, 0.2) is 0 Å². The second kappa shape index (κ2) is 7.92. The van der Waals surface area contributed by atoms with E-state index in [9.17, 15) is 14.0 Å². The molecule has 2 aromatic rings. The van der Waals surface area contributed by atoms with E-state index in [0.717, 1.165) is 24.0 Å². The minimum Gasteiger partial charge on any atom is -0.347 e. The topological polar surface area (TPSA) is 49.4 Å². The standard InChI is InChI=1S/C20H21FN2O2/c21-17-10-8-16(9-11-17)18-7-4-12-23(18)20(25)14-22-19(24)13-15-5-2-1-3-6-15/h1-3,5-6,8-11,18H,4,7,12-14H2,(H,22,24). The van der Waals surface area contributed by atoms with Crippen molar-refractivity contribution in [2.75, 3.05) is 13.1 Å². The normalized spacial score (nSPS) is 16.7. The Bertz CT molecular complexity index is 731. The third kappa shape index (κ3) is 4.44. The van der Waals surface area contributed by atoms with Crippen molar-refractivity contribution in [1.82, 2.24) is 10.2 Å². The fraction of sp³-hybridized carbons (Fsp3) is 0.300. The van der Waals surface area contributed by atoms with Gasteiger partial charge in [-0.25, -0.2) is 4.39 Å². The summed E-state index contributed by atoms with van der Waals surface area (Å²) in [4.78, 5) is 26.3. The molecule has 0 bridgehead atoms. The average molecular weight is 340 g/mol. The Hall–Kier alpha value is -2.69. The van der Waals surface area contributed by atoms with Crippen molar-refractivity contribution in [3.63, 3.8) is 0 Å². The first-order valence-electron chi connectivity index (χ1n) is 8.49. The highest BCUT2D eigenvalue weighted by Crippen LogP contribution is 2.31. The second-order valence-corrected chi connectivity index (χ2v) is 6.24. The summed E-state index contributed by atoms with van der Waals surface area (Å²) in [6.45, 7) is 0.652. The monoisotopic (exact) mass is 340 g/mol. The van der Waals surface area contributed by atoms with E-state index in [1.165, 1.54) is 12.1 Å². The fourth-order valence-electron chi connectivity index (χ4n) is 3.22. The van der Waals surface area contributed by atoms with Gasteiger partial charge in [0.05, 0.1) is 19.0 Å². The molecule has 1 aliphatic rings. The van der Waals surface area contributed by atoms with Gasteiger partial charge in [-0.15, -0.1) is 0 Å². The van der Waals surface area contributed by atoms with Crippen LogP contribution in [-0.2, 0) is 16.0 Å². The maximum absolute atomic E-state index is 13.1. The van der Waals surface area contributed by atoms with E-state index in [-0.39, 0.29) is 36.6 Å². The van der Waals surface area contributed by atoms with Gasteiger partial charge in [-0.2, -0.15) is 0 Å². The van der Waals surface area contributed by atoms with Crippen LogP contribution < -0.4 is 5.32 Å². The Morgan fingerprint density at radius 2 is 1.80 bits per heavy atom. The van der Waals surface area contributed by atoms with Crippen LogP contribution in [0.3, 0.4) is 0 Å². The van der Waals surface area contributed by atoms with Gasteiger partial charge in [0, 0.05) is 6.54 Å². The van der Waals surface area contributed by atoms with Gasteiger partial charge in [0.1, 0.15) is 5.82 Å². The van der Waals surface area contributed by atoms with E-state index in [0.29, 0.717) is 6.54 Å². The molecule has 0 spiro atoms. The lowest BCUT2D eigenvalue weighted by molar-refractivity contribution is -0.133. The number of hydrogen-bond donors (Lipinski definition) is 1.